The largest absolute Gasteiger partial charge is 0.322 e. The second kappa shape index (κ2) is 6.40. The van der Waals surface area contributed by atoms with Crippen molar-refractivity contribution in [1.82, 2.24) is 14.5 Å². The highest BCUT2D eigenvalue weighted by atomic mass is 19.1. The Labute approximate surface area is 149 Å². The number of amides is 1. The molecule has 0 fully saturated rings. The van der Waals surface area contributed by atoms with E-state index in [1.165, 1.54) is 12.4 Å². The first-order valence-corrected chi connectivity index (χ1v) is 8.07. The number of hydrogen-bond acceptors (Lipinski definition) is 3. The summed E-state index contributed by atoms with van der Waals surface area (Å²) in [6.07, 6.45) is 4.74. The number of carbonyl (C=O) groups excluding carboxylic acids is 1. The van der Waals surface area contributed by atoms with Gasteiger partial charge in [-0.25, -0.2) is 9.37 Å². The minimum atomic E-state index is -0.451. The van der Waals surface area contributed by atoms with E-state index in [-0.39, 0.29) is 5.91 Å². The minimum absolute atomic E-state index is 0.330. The van der Waals surface area contributed by atoms with Gasteiger partial charge in [0, 0.05) is 29.2 Å². The number of fused-ring (bicyclic) bond motifs is 1. The summed E-state index contributed by atoms with van der Waals surface area (Å²) in [5, 5.41) is 3.62. The first-order chi connectivity index (χ1) is 12.6. The van der Waals surface area contributed by atoms with E-state index < -0.39 is 5.82 Å². The number of imidazole rings is 1. The molecule has 0 unspecified atom stereocenters. The van der Waals surface area contributed by atoms with Gasteiger partial charge in [0.15, 0.2) is 0 Å². The Kier molecular flexibility index (Phi) is 3.93. The van der Waals surface area contributed by atoms with Crippen LogP contribution in [0.25, 0.3) is 16.6 Å². The molecule has 2 heterocycles. The van der Waals surface area contributed by atoms with E-state index in [0.29, 0.717) is 22.5 Å². The van der Waals surface area contributed by atoms with E-state index in [0.717, 1.165) is 11.1 Å². The molecule has 2 aromatic heterocycles. The summed E-state index contributed by atoms with van der Waals surface area (Å²) in [5.74, 6) is -0.781. The highest BCUT2D eigenvalue weighted by Crippen LogP contribution is 2.21. The van der Waals surface area contributed by atoms with Crippen LogP contribution in [0.5, 0.6) is 0 Å². The van der Waals surface area contributed by atoms with Crippen LogP contribution < -0.4 is 5.32 Å². The second-order valence-corrected chi connectivity index (χ2v) is 5.92. The van der Waals surface area contributed by atoms with Crippen molar-refractivity contribution in [3.8, 4) is 5.69 Å². The average molecular weight is 346 g/mol. The molecule has 1 N–H and O–H groups in total. The van der Waals surface area contributed by atoms with Crippen molar-refractivity contribution in [2.75, 3.05) is 5.32 Å². The molecule has 128 valence electrons. The summed E-state index contributed by atoms with van der Waals surface area (Å²) in [5.41, 5.74) is 2.64. The number of aryl methyl sites for hydroxylation is 1. The van der Waals surface area contributed by atoms with Gasteiger partial charge in [0.1, 0.15) is 5.82 Å². The molecule has 1 amide bonds. The van der Waals surface area contributed by atoms with Crippen LogP contribution in [0, 0.1) is 12.7 Å². The Morgan fingerprint density at radius 1 is 1.15 bits per heavy atom. The number of benzene rings is 2. The van der Waals surface area contributed by atoms with Crippen molar-refractivity contribution >= 4 is 22.5 Å². The van der Waals surface area contributed by atoms with Crippen molar-refractivity contribution in [3.05, 3.63) is 84.3 Å². The lowest BCUT2D eigenvalue weighted by atomic mass is 10.1. The molecule has 0 aliphatic rings. The smallest absolute Gasteiger partial charge is 0.257 e. The maximum absolute atomic E-state index is 14.4. The monoisotopic (exact) mass is 346 g/mol. The topological polar surface area (TPSA) is 59.8 Å². The van der Waals surface area contributed by atoms with Crippen molar-refractivity contribution in [2.45, 2.75) is 6.92 Å². The summed E-state index contributed by atoms with van der Waals surface area (Å²) >= 11 is 0. The lowest BCUT2D eigenvalue weighted by Crippen LogP contribution is -2.13. The summed E-state index contributed by atoms with van der Waals surface area (Å²) in [7, 11) is 0. The molecule has 6 heteroatoms. The molecular weight excluding hydrogens is 331 g/mol. The van der Waals surface area contributed by atoms with E-state index in [4.69, 9.17) is 0 Å². The van der Waals surface area contributed by atoms with E-state index >= 15 is 0 Å². The van der Waals surface area contributed by atoms with Crippen molar-refractivity contribution in [3.63, 3.8) is 0 Å². The average Bonchev–Trinajstić information content (AvgIpc) is 3.15. The van der Waals surface area contributed by atoms with Gasteiger partial charge in [0.2, 0.25) is 0 Å². The molecule has 4 aromatic rings. The van der Waals surface area contributed by atoms with Crippen LogP contribution in [0.1, 0.15) is 16.1 Å². The summed E-state index contributed by atoms with van der Waals surface area (Å²) in [6.45, 7) is 1.87. The first-order valence-electron chi connectivity index (χ1n) is 8.07. The molecule has 26 heavy (non-hydrogen) atoms. The van der Waals surface area contributed by atoms with Gasteiger partial charge in [0.05, 0.1) is 23.1 Å². The maximum Gasteiger partial charge on any atom is 0.257 e. The van der Waals surface area contributed by atoms with Gasteiger partial charge in [-0.1, -0.05) is 18.2 Å². The Bertz CT molecular complexity index is 1110. The number of anilines is 1. The quantitative estimate of drug-likeness (QED) is 0.607. The van der Waals surface area contributed by atoms with Gasteiger partial charge >= 0.3 is 0 Å². The zero-order valence-corrected chi connectivity index (χ0v) is 14.0. The first kappa shape index (κ1) is 16.0. The van der Waals surface area contributed by atoms with Gasteiger partial charge in [-0.05, 0) is 37.3 Å². The molecule has 0 saturated heterocycles. The Balaban J connectivity index is 1.65. The maximum atomic E-state index is 14.4. The highest BCUT2D eigenvalue weighted by molar-refractivity contribution is 6.11. The van der Waals surface area contributed by atoms with Crippen LogP contribution >= 0.6 is 0 Å². The summed E-state index contributed by atoms with van der Waals surface area (Å²) < 4.78 is 15.9. The number of aromatic nitrogens is 3. The van der Waals surface area contributed by atoms with E-state index in [1.807, 2.05) is 25.1 Å². The Hall–Kier alpha value is -3.54. The fourth-order valence-corrected chi connectivity index (χ4v) is 2.82. The van der Waals surface area contributed by atoms with Gasteiger partial charge in [-0.2, -0.15) is 0 Å². The number of nitrogens with one attached hydrogen (secondary N) is 1. The number of hydrogen-bond donors (Lipinski definition) is 1. The lowest BCUT2D eigenvalue weighted by molar-refractivity contribution is 0.102. The zero-order valence-electron chi connectivity index (χ0n) is 14.0. The van der Waals surface area contributed by atoms with Crippen LogP contribution in [-0.2, 0) is 0 Å². The van der Waals surface area contributed by atoms with Gasteiger partial charge in [0.25, 0.3) is 5.91 Å². The fraction of sp³-hybridized carbons (Fsp3) is 0.0500. The van der Waals surface area contributed by atoms with Gasteiger partial charge in [-0.15, -0.1) is 0 Å². The molecule has 0 saturated carbocycles. The molecule has 0 spiro atoms. The van der Waals surface area contributed by atoms with Crippen LogP contribution in [0.2, 0.25) is 0 Å². The number of nitrogens with zero attached hydrogens (tertiary/aromatic N) is 3. The van der Waals surface area contributed by atoms with Crippen molar-refractivity contribution in [1.29, 1.82) is 0 Å². The van der Waals surface area contributed by atoms with Crippen molar-refractivity contribution in [2.24, 2.45) is 0 Å². The molecule has 5 nitrogen and oxygen atoms in total. The fourth-order valence-electron chi connectivity index (χ4n) is 2.82. The van der Waals surface area contributed by atoms with E-state index in [9.17, 15) is 9.18 Å². The third kappa shape index (κ3) is 2.93. The van der Waals surface area contributed by atoms with E-state index in [2.05, 4.69) is 15.3 Å². The van der Waals surface area contributed by atoms with Gasteiger partial charge < -0.3 is 9.88 Å². The number of pyridine rings is 1. The molecule has 2 aromatic carbocycles. The normalized spacial score (nSPS) is 10.8. The number of carbonyl (C=O) groups is 1. The van der Waals surface area contributed by atoms with Crippen LogP contribution in [0.15, 0.2) is 67.3 Å². The molecule has 0 radical (unpaired) electrons. The summed E-state index contributed by atoms with van der Waals surface area (Å²) in [6, 6.07) is 13.8. The third-order valence-corrected chi connectivity index (χ3v) is 4.09. The molecular formula is C20H15FN4O. The minimum Gasteiger partial charge on any atom is -0.322 e. The second-order valence-electron chi connectivity index (χ2n) is 5.92. The van der Waals surface area contributed by atoms with E-state index in [1.54, 1.807) is 41.2 Å². The predicted octanol–water partition coefficient (Wildman–Crippen LogP) is 4.12. The van der Waals surface area contributed by atoms with Crippen molar-refractivity contribution < 1.29 is 9.18 Å². The number of rotatable bonds is 3. The SMILES string of the molecule is Cc1ccc2cccc(C(=O)Nc3ccc(-n4ccnc4)c(F)c3)c2n1. The van der Waals surface area contributed by atoms with Crippen LogP contribution in [0.3, 0.4) is 0 Å². The van der Waals surface area contributed by atoms with Crippen LogP contribution in [-0.4, -0.2) is 20.4 Å². The zero-order chi connectivity index (χ0) is 18.1. The molecule has 4 rings (SSSR count). The molecule has 0 aliphatic carbocycles. The molecule has 0 aliphatic heterocycles. The Morgan fingerprint density at radius 2 is 2.04 bits per heavy atom. The predicted molar refractivity (Wildman–Crippen MR) is 98.0 cm³/mol. The molecule has 0 atom stereocenters. The molecule has 0 bridgehead atoms. The third-order valence-electron chi connectivity index (χ3n) is 4.09. The highest BCUT2D eigenvalue weighted by Gasteiger charge is 2.13. The standard InChI is InChI=1S/C20H15FN4O/c1-13-5-6-14-3-2-4-16(19(14)23-13)20(26)24-15-7-8-18(17(21)11-15)25-10-9-22-12-25/h2-12H,1H3,(H,24,26). The number of para-hydroxylation sites is 1. The van der Waals surface area contributed by atoms with Crippen LogP contribution in [0.4, 0.5) is 10.1 Å². The van der Waals surface area contributed by atoms with Gasteiger partial charge in [-0.3, -0.25) is 9.78 Å². The number of halogens is 1. The lowest BCUT2D eigenvalue weighted by Gasteiger charge is -2.10. The Morgan fingerprint density at radius 3 is 2.81 bits per heavy atom. The summed E-state index contributed by atoms with van der Waals surface area (Å²) in [4.78, 5) is 21.0.